The topological polar surface area (TPSA) is 102 Å². The molecule has 0 aromatic carbocycles. The monoisotopic (exact) mass is 544 g/mol. The molecule has 2 saturated carbocycles. The minimum Gasteiger partial charge on any atom is -0.458 e. The fraction of sp³-hybridized carbons (Fsp3) is 0.667. The molecule has 4 aliphatic rings. The van der Waals surface area contributed by atoms with Gasteiger partial charge in [0.2, 0.25) is 0 Å². The summed E-state index contributed by atoms with van der Waals surface area (Å²) in [6, 6.07) is 1.77. The van der Waals surface area contributed by atoms with Gasteiger partial charge in [-0.15, -0.1) is 0 Å². The summed E-state index contributed by atoms with van der Waals surface area (Å²) in [4.78, 5) is 26.2. The Balaban J connectivity index is 1.62. The van der Waals surface area contributed by atoms with Crippen molar-refractivity contribution in [2.45, 2.75) is 78.0 Å². The largest absolute Gasteiger partial charge is 0.458 e. The third-order valence-electron chi connectivity index (χ3n) is 10.2. The van der Waals surface area contributed by atoms with E-state index in [1.165, 1.54) is 18.4 Å². The lowest BCUT2D eigenvalue weighted by atomic mass is 9.51. The quantitative estimate of drug-likeness (QED) is 0.428. The fourth-order valence-electron chi connectivity index (χ4n) is 8.38. The minimum atomic E-state index is -0.853. The van der Waals surface area contributed by atoms with Crippen LogP contribution in [0.2, 0.25) is 0 Å². The summed E-state index contributed by atoms with van der Waals surface area (Å²) in [6.45, 7) is 9.86. The predicted molar refractivity (Wildman–Crippen MR) is 143 cm³/mol. The van der Waals surface area contributed by atoms with Gasteiger partial charge in [-0.25, -0.2) is 9.59 Å². The first-order valence-corrected chi connectivity index (χ1v) is 14.6. The van der Waals surface area contributed by atoms with Crippen molar-refractivity contribution in [3.05, 3.63) is 46.2 Å². The SMILES string of the molecule is CO[C@H]1C[C@H]2C=C[C@]3(C)[C@H]4[C@H](O)[C@@H](C)[C@@H](OC(=O)c5ccsc5)[C@@H]3C[C@@]24/C(C)=C/[C@@H](C)[C@@H]([C@@H](C)O)OC1=O. The van der Waals surface area contributed by atoms with E-state index in [4.69, 9.17) is 14.2 Å². The van der Waals surface area contributed by atoms with Crippen molar-refractivity contribution in [3.63, 3.8) is 0 Å². The number of cyclic esters (lactones) is 1. The van der Waals surface area contributed by atoms with E-state index in [2.05, 4.69) is 32.1 Å². The maximum Gasteiger partial charge on any atom is 0.339 e. The smallest absolute Gasteiger partial charge is 0.339 e. The Morgan fingerprint density at radius 2 is 2.05 bits per heavy atom. The molecule has 5 rings (SSSR count). The second-order valence-corrected chi connectivity index (χ2v) is 13.0. The van der Waals surface area contributed by atoms with E-state index < -0.39 is 47.3 Å². The maximum absolute atomic E-state index is 13.2. The average molecular weight is 545 g/mol. The van der Waals surface area contributed by atoms with Crippen LogP contribution in [-0.4, -0.2) is 59.8 Å². The van der Waals surface area contributed by atoms with Crippen LogP contribution in [0.15, 0.2) is 40.6 Å². The van der Waals surface area contributed by atoms with Crippen molar-refractivity contribution >= 4 is 23.3 Å². The number of ether oxygens (including phenoxy) is 3. The Kier molecular flexibility index (Phi) is 7.16. The third-order valence-corrected chi connectivity index (χ3v) is 10.9. The van der Waals surface area contributed by atoms with Gasteiger partial charge >= 0.3 is 11.9 Å². The predicted octanol–water partition coefficient (Wildman–Crippen LogP) is 4.39. The van der Waals surface area contributed by atoms with E-state index in [1.807, 2.05) is 19.2 Å². The van der Waals surface area contributed by atoms with E-state index in [9.17, 15) is 19.8 Å². The van der Waals surface area contributed by atoms with E-state index in [0.29, 0.717) is 18.4 Å². The van der Waals surface area contributed by atoms with Gasteiger partial charge in [0.15, 0.2) is 6.10 Å². The number of rotatable bonds is 4. The Bertz CT molecular complexity index is 1130. The summed E-state index contributed by atoms with van der Waals surface area (Å²) in [5.41, 5.74) is 0.799. The first-order valence-electron chi connectivity index (χ1n) is 13.7. The molecule has 8 heteroatoms. The Morgan fingerprint density at radius 3 is 2.68 bits per heavy atom. The molecule has 38 heavy (non-hydrogen) atoms. The summed E-state index contributed by atoms with van der Waals surface area (Å²) in [6.07, 6.45) is 4.09. The van der Waals surface area contributed by atoms with Crippen LogP contribution in [0, 0.1) is 40.4 Å². The van der Waals surface area contributed by atoms with Gasteiger partial charge in [0.25, 0.3) is 0 Å². The second-order valence-electron chi connectivity index (χ2n) is 12.2. The molecule has 3 aliphatic carbocycles. The summed E-state index contributed by atoms with van der Waals surface area (Å²) in [7, 11) is 1.51. The van der Waals surface area contributed by atoms with Gasteiger partial charge in [-0.2, -0.15) is 11.3 Å². The van der Waals surface area contributed by atoms with Crippen molar-refractivity contribution < 1.29 is 34.0 Å². The Morgan fingerprint density at radius 1 is 1.32 bits per heavy atom. The Hall–Kier alpha value is -2.00. The van der Waals surface area contributed by atoms with Crippen molar-refractivity contribution in [2.75, 3.05) is 7.11 Å². The van der Waals surface area contributed by atoms with E-state index in [-0.39, 0.29) is 35.6 Å². The highest BCUT2D eigenvalue weighted by molar-refractivity contribution is 7.08. The number of aliphatic hydroxyl groups is 2. The molecule has 1 spiro atoms. The van der Waals surface area contributed by atoms with Gasteiger partial charge in [0.05, 0.1) is 17.8 Å². The molecule has 12 atom stereocenters. The molecule has 2 N–H and O–H groups in total. The molecule has 4 bridgehead atoms. The summed E-state index contributed by atoms with van der Waals surface area (Å²) >= 11 is 1.45. The number of allylic oxidation sites excluding steroid dienone is 3. The zero-order chi connectivity index (χ0) is 27.6. The average Bonchev–Trinajstić information content (AvgIpc) is 3.45. The van der Waals surface area contributed by atoms with Crippen LogP contribution in [-0.2, 0) is 19.0 Å². The molecule has 1 aromatic rings. The van der Waals surface area contributed by atoms with Gasteiger partial charge in [-0.05, 0) is 49.5 Å². The number of methoxy groups -OCH3 is 1. The molecule has 1 aromatic heterocycles. The second kappa shape index (κ2) is 9.88. The maximum atomic E-state index is 13.2. The molecule has 0 amide bonds. The normalized spacial score (nSPS) is 46.4. The van der Waals surface area contributed by atoms with Gasteiger partial charge in [-0.1, -0.05) is 44.6 Å². The van der Waals surface area contributed by atoms with Crippen molar-refractivity contribution in [2.24, 2.45) is 40.4 Å². The lowest BCUT2D eigenvalue weighted by Crippen LogP contribution is -2.57. The third kappa shape index (κ3) is 4.02. The molecule has 2 fully saturated rings. The fourth-order valence-corrected chi connectivity index (χ4v) is 9.00. The molecule has 0 unspecified atom stereocenters. The summed E-state index contributed by atoms with van der Waals surface area (Å²) in [5, 5.41) is 26.1. The molecule has 7 nitrogen and oxygen atoms in total. The minimum absolute atomic E-state index is 0.00292. The molecule has 2 heterocycles. The van der Waals surface area contributed by atoms with Crippen molar-refractivity contribution in [1.82, 2.24) is 0 Å². The van der Waals surface area contributed by atoms with Crippen LogP contribution in [0.25, 0.3) is 0 Å². The number of hydrogen-bond acceptors (Lipinski definition) is 8. The van der Waals surface area contributed by atoms with E-state index >= 15 is 0 Å². The van der Waals surface area contributed by atoms with Crippen LogP contribution in [0.1, 0.15) is 57.8 Å². The first kappa shape index (κ1) is 27.6. The number of thiophene rings is 1. The highest BCUT2D eigenvalue weighted by atomic mass is 32.1. The van der Waals surface area contributed by atoms with Gasteiger partial charge < -0.3 is 24.4 Å². The zero-order valence-electron chi connectivity index (χ0n) is 23.0. The number of hydrogen-bond donors (Lipinski definition) is 2. The Labute approximate surface area is 228 Å². The number of carbonyl (C=O) groups excluding carboxylic acids is 2. The highest BCUT2D eigenvalue weighted by Gasteiger charge is 2.72. The van der Waals surface area contributed by atoms with Crippen molar-refractivity contribution in [3.8, 4) is 0 Å². The van der Waals surface area contributed by atoms with Crippen molar-refractivity contribution in [1.29, 1.82) is 0 Å². The van der Waals surface area contributed by atoms with E-state index in [1.54, 1.807) is 18.4 Å². The van der Waals surface area contributed by atoms with Gasteiger partial charge in [0, 0.05) is 41.6 Å². The lowest BCUT2D eigenvalue weighted by Gasteiger charge is -2.55. The first-order chi connectivity index (χ1) is 18.0. The van der Waals surface area contributed by atoms with Crippen LogP contribution in [0.5, 0.6) is 0 Å². The lowest BCUT2D eigenvalue weighted by molar-refractivity contribution is -0.171. The molecular formula is C30H40O7S. The molecule has 1 aliphatic heterocycles. The molecule has 208 valence electrons. The van der Waals surface area contributed by atoms with Crippen LogP contribution < -0.4 is 0 Å². The number of carbonyl (C=O) groups is 2. The highest BCUT2D eigenvalue weighted by Crippen LogP contribution is 2.73. The molecular weight excluding hydrogens is 504 g/mol. The van der Waals surface area contributed by atoms with Crippen LogP contribution in [0.3, 0.4) is 0 Å². The standard InChI is InChI=1S/C30H40O7S/c1-15-11-16(2)30-13-21-25(37-27(33)19-8-10-38-14-19)17(3)23(32)26(30)29(21,5)9-7-20(30)12-22(35-6)28(34)36-24(15)18(4)31/h7-11,14-15,17-18,20-26,31-32H,12-13H2,1-6H3/b16-11+/t15-,17-,18-,20-,21+,22+,23-,24+,25-,26-,29+,30-/m1/s1. The van der Waals surface area contributed by atoms with Gasteiger partial charge in [0.1, 0.15) is 12.2 Å². The summed E-state index contributed by atoms with van der Waals surface area (Å²) in [5.74, 6) is -1.54. The van der Waals surface area contributed by atoms with Crippen LogP contribution >= 0.6 is 11.3 Å². The molecule has 0 saturated heterocycles. The van der Waals surface area contributed by atoms with Crippen LogP contribution in [0.4, 0.5) is 0 Å². The molecule has 0 radical (unpaired) electrons. The van der Waals surface area contributed by atoms with E-state index in [0.717, 1.165) is 5.57 Å². The summed E-state index contributed by atoms with van der Waals surface area (Å²) < 4.78 is 17.6. The number of aliphatic hydroxyl groups excluding tert-OH is 2. The van der Waals surface area contributed by atoms with Gasteiger partial charge in [-0.3, -0.25) is 0 Å². The number of esters is 2. The zero-order valence-corrected chi connectivity index (χ0v) is 23.8.